The fourth-order valence-electron chi connectivity index (χ4n) is 2.78. The molecule has 1 heteroatoms. The summed E-state index contributed by atoms with van der Waals surface area (Å²) in [5, 5.41) is 0.803. The summed E-state index contributed by atoms with van der Waals surface area (Å²) in [5.74, 6) is 0.782. The number of benzene rings is 2. The molecule has 0 saturated carbocycles. The minimum Gasteiger partial charge on any atom is -0.0872 e. The number of hydrogen-bond acceptors (Lipinski definition) is 0. The molecule has 0 radical (unpaired) electrons. The minimum absolute atomic E-state index is 0.369. The van der Waals surface area contributed by atoms with Crippen molar-refractivity contribution in [2.75, 3.05) is 0 Å². The zero-order valence-corrected chi connectivity index (χ0v) is 13.1. The van der Waals surface area contributed by atoms with Crippen molar-refractivity contribution in [3.8, 4) is 0 Å². The lowest BCUT2D eigenvalue weighted by Gasteiger charge is -2.23. The van der Waals surface area contributed by atoms with E-state index in [9.17, 15) is 0 Å². The Bertz CT molecular complexity index is 584. The van der Waals surface area contributed by atoms with Gasteiger partial charge in [0.25, 0.3) is 0 Å². The first kappa shape index (κ1) is 14.9. The normalized spacial score (nSPS) is 14.9. The zero-order chi connectivity index (χ0) is 14.5. The van der Waals surface area contributed by atoms with Gasteiger partial charge >= 0.3 is 0 Å². The monoisotopic (exact) mass is 284 g/mol. The van der Waals surface area contributed by atoms with Gasteiger partial charge in [0, 0.05) is 16.9 Å². The van der Waals surface area contributed by atoms with Crippen LogP contribution >= 0.6 is 11.6 Å². The van der Waals surface area contributed by atoms with E-state index in [1.807, 2.05) is 12.1 Å². The Morgan fingerprint density at radius 2 is 1.50 bits per heavy atom. The van der Waals surface area contributed by atoms with Gasteiger partial charge in [-0.3, -0.25) is 0 Å². The molecular formula is C19H21Cl. The predicted octanol–water partition coefficient (Wildman–Crippen LogP) is 6.19. The molecule has 0 heterocycles. The van der Waals surface area contributed by atoms with Crippen LogP contribution in [-0.4, -0.2) is 0 Å². The van der Waals surface area contributed by atoms with Crippen molar-refractivity contribution in [3.63, 3.8) is 0 Å². The third kappa shape index (κ3) is 3.32. The van der Waals surface area contributed by atoms with Crippen molar-refractivity contribution >= 4 is 11.6 Å². The summed E-state index contributed by atoms with van der Waals surface area (Å²) in [6.07, 6.45) is 2.24. The lowest BCUT2D eigenvalue weighted by atomic mass is 9.82. The lowest BCUT2D eigenvalue weighted by molar-refractivity contribution is 0.758. The summed E-state index contributed by atoms with van der Waals surface area (Å²) < 4.78 is 0. The summed E-state index contributed by atoms with van der Waals surface area (Å²) in [7, 11) is 0. The van der Waals surface area contributed by atoms with Crippen LogP contribution in [0, 0.1) is 0 Å². The van der Waals surface area contributed by atoms with E-state index >= 15 is 0 Å². The van der Waals surface area contributed by atoms with Crippen LogP contribution in [-0.2, 0) is 0 Å². The molecule has 0 saturated heterocycles. The molecule has 104 valence electrons. The van der Waals surface area contributed by atoms with E-state index in [0.29, 0.717) is 11.8 Å². The van der Waals surface area contributed by atoms with Crippen LogP contribution in [0.4, 0.5) is 0 Å². The van der Waals surface area contributed by atoms with Crippen molar-refractivity contribution in [2.24, 2.45) is 0 Å². The Balaban J connectivity index is 2.29. The zero-order valence-electron chi connectivity index (χ0n) is 12.3. The van der Waals surface area contributed by atoms with E-state index in [1.54, 1.807) is 0 Å². The van der Waals surface area contributed by atoms with Crippen LogP contribution in [0.25, 0.3) is 0 Å². The van der Waals surface area contributed by atoms with E-state index in [1.165, 1.54) is 16.7 Å². The second-order valence-corrected chi connectivity index (χ2v) is 5.63. The maximum absolute atomic E-state index is 6.11. The maximum atomic E-state index is 6.11. The predicted molar refractivity (Wildman–Crippen MR) is 88.5 cm³/mol. The highest BCUT2D eigenvalue weighted by Gasteiger charge is 2.18. The molecule has 2 aromatic rings. The van der Waals surface area contributed by atoms with E-state index in [2.05, 4.69) is 69.3 Å². The highest BCUT2D eigenvalue weighted by atomic mass is 35.5. The first-order valence-electron chi connectivity index (χ1n) is 7.10. The first-order chi connectivity index (χ1) is 9.63. The van der Waals surface area contributed by atoms with Gasteiger partial charge in [0.2, 0.25) is 0 Å². The number of rotatable bonds is 4. The standard InChI is InChI=1S/C19H21Cl/c1-4-19(14(2)16-9-6-5-7-10-16)15(3)17-11-8-12-18(20)13-17/h4-15H,1-3H3/b19-4-/t14-,15?/m1/s1. The molecule has 0 amide bonds. The Morgan fingerprint density at radius 1 is 0.900 bits per heavy atom. The molecule has 0 bridgehead atoms. The number of halogens is 1. The first-order valence-corrected chi connectivity index (χ1v) is 7.47. The van der Waals surface area contributed by atoms with E-state index in [4.69, 9.17) is 11.6 Å². The van der Waals surface area contributed by atoms with Crippen LogP contribution in [0.5, 0.6) is 0 Å². The molecule has 2 aromatic carbocycles. The summed E-state index contributed by atoms with van der Waals surface area (Å²) in [4.78, 5) is 0. The van der Waals surface area contributed by atoms with Crippen LogP contribution < -0.4 is 0 Å². The lowest BCUT2D eigenvalue weighted by Crippen LogP contribution is -2.06. The SMILES string of the molecule is C/C=C(\C(C)c1cccc(Cl)c1)[C@H](C)c1ccccc1. The smallest absolute Gasteiger partial charge is 0.0408 e. The summed E-state index contributed by atoms with van der Waals surface area (Å²) in [6, 6.07) is 18.8. The molecule has 0 fully saturated rings. The van der Waals surface area contributed by atoms with Crippen molar-refractivity contribution in [3.05, 3.63) is 82.4 Å². The maximum Gasteiger partial charge on any atom is 0.0408 e. The van der Waals surface area contributed by atoms with Crippen LogP contribution in [0.1, 0.15) is 43.7 Å². The molecular weight excluding hydrogens is 264 g/mol. The molecule has 1 unspecified atom stereocenters. The molecule has 2 rings (SSSR count). The quantitative estimate of drug-likeness (QED) is 0.587. The van der Waals surface area contributed by atoms with Gasteiger partial charge in [0.05, 0.1) is 0 Å². The van der Waals surface area contributed by atoms with Crippen molar-refractivity contribution in [1.82, 2.24) is 0 Å². The van der Waals surface area contributed by atoms with Gasteiger partial charge in [-0.25, -0.2) is 0 Å². The Labute approximate surface area is 127 Å². The molecule has 2 atom stereocenters. The summed E-state index contributed by atoms with van der Waals surface area (Å²) in [5.41, 5.74) is 4.06. The van der Waals surface area contributed by atoms with Crippen molar-refractivity contribution in [1.29, 1.82) is 0 Å². The van der Waals surface area contributed by atoms with Crippen molar-refractivity contribution in [2.45, 2.75) is 32.6 Å². The minimum atomic E-state index is 0.369. The Morgan fingerprint density at radius 3 is 2.10 bits per heavy atom. The van der Waals surface area contributed by atoms with Gasteiger partial charge in [-0.15, -0.1) is 0 Å². The largest absolute Gasteiger partial charge is 0.0872 e. The number of hydrogen-bond donors (Lipinski definition) is 0. The molecule has 0 spiro atoms. The van der Waals surface area contributed by atoms with E-state index in [0.717, 1.165) is 5.02 Å². The Hall–Kier alpha value is -1.53. The second kappa shape index (κ2) is 6.76. The molecule has 20 heavy (non-hydrogen) atoms. The molecule has 0 nitrogen and oxygen atoms in total. The van der Waals surface area contributed by atoms with Gasteiger partial charge in [-0.1, -0.05) is 79.6 Å². The van der Waals surface area contributed by atoms with Crippen LogP contribution in [0.3, 0.4) is 0 Å². The van der Waals surface area contributed by atoms with Gasteiger partial charge in [0.1, 0.15) is 0 Å². The average molecular weight is 285 g/mol. The fraction of sp³-hybridized carbons (Fsp3) is 0.263. The van der Waals surface area contributed by atoms with E-state index < -0.39 is 0 Å². The third-order valence-corrected chi connectivity index (χ3v) is 4.22. The van der Waals surface area contributed by atoms with Crippen LogP contribution in [0.2, 0.25) is 5.02 Å². The molecule has 0 N–H and O–H groups in total. The van der Waals surface area contributed by atoms with Gasteiger partial charge < -0.3 is 0 Å². The van der Waals surface area contributed by atoms with Gasteiger partial charge in [-0.05, 0) is 30.2 Å². The molecule has 0 aromatic heterocycles. The molecule has 0 aliphatic heterocycles. The molecule has 0 aliphatic carbocycles. The number of allylic oxidation sites excluding steroid dienone is 2. The van der Waals surface area contributed by atoms with Crippen molar-refractivity contribution < 1.29 is 0 Å². The highest BCUT2D eigenvalue weighted by Crippen LogP contribution is 2.35. The van der Waals surface area contributed by atoms with E-state index in [-0.39, 0.29) is 0 Å². The van der Waals surface area contributed by atoms with Gasteiger partial charge in [-0.2, -0.15) is 0 Å². The molecule has 0 aliphatic rings. The third-order valence-electron chi connectivity index (χ3n) is 3.98. The topological polar surface area (TPSA) is 0 Å². The van der Waals surface area contributed by atoms with Crippen LogP contribution in [0.15, 0.2) is 66.2 Å². The Kier molecular flexibility index (Phi) is 5.03. The summed E-state index contributed by atoms with van der Waals surface area (Å²) in [6.45, 7) is 6.64. The average Bonchev–Trinajstić information content (AvgIpc) is 2.48. The van der Waals surface area contributed by atoms with Gasteiger partial charge in [0.15, 0.2) is 0 Å². The highest BCUT2D eigenvalue weighted by molar-refractivity contribution is 6.30. The summed E-state index contributed by atoms with van der Waals surface area (Å²) >= 11 is 6.11. The fourth-order valence-corrected chi connectivity index (χ4v) is 2.98. The second-order valence-electron chi connectivity index (χ2n) is 5.20.